The quantitative estimate of drug-likeness (QED) is 0.720. The van der Waals surface area contributed by atoms with Crippen molar-refractivity contribution in [2.24, 2.45) is 0 Å². The number of carbonyl (C=O) groups is 1. The summed E-state index contributed by atoms with van der Waals surface area (Å²) in [5, 5.41) is 2.60. The molecule has 0 aromatic heterocycles. The van der Waals surface area contributed by atoms with Crippen molar-refractivity contribution in [2.75, 3.05) is 32.1 Å². The molecule has 118 valence electrons. The molecule has 0 bridgehead atoms. The maximum atomic E-state index is 11.6. The lowest BCUT2D eigenvalue weighted by Gasteiger charge is -2.34. The zero-order valence-corrected chi connectivity index (χ0v) is 13.9. The summed E-state index contributed by atoms with van der Waals surface area (Å²) in [5.41, 5.74) is 1.35. The molecule has 1 aliphatic rings. The van der Waals surface area contributed by atoms with E-state index >= 15 is 0 Å². The van der Waals surface area contributed by atoms with E-state index in [4.69, 9.17) is 11.6 Å². The van der Waals surface area contributed by atoms with Crippen LogP contribution in [-0.4, -0.2) is 47.8 Å². The molecule has 5 heteroatoms. The maximum Gasteiger partial charge on any atom is 0.237 e. The Morgan fingerprint density at radius 1 is 1.00 bits per heavy atom. The second-order valence-electron chi connectivity index (χ2n) is 5.43. The van der Waals surface area contributed by atoms with E-state index in [1.54, 1.807) is 0 Å². The van der Waals surface area contributed by atoms with Gasteiger partial charge in [-0.2, -0.15) is 0 Å². The summed E-state index contributed by atoms with van der Waals surface area (Å²) in [5.74, 6) is 0.130. The van der Waals surface area contributed by atoms with Gasteiger partial charge in [-0.1, -0.05) is 42.5 Å². The number of amides is 1. The lowest BCUT2D eigenvalue weighted by molar-refractivity contribution is -0.130. The predicted molar refractivity (Wildman–Crippen MR) is 86.5 cm³/mol. The van der Waals surface area contributed by atoms with Gasteiger partial charge in [0.2, 0.25) is 5.91 Å². The SMILES string of the molecule is O=C(CCl)N1CCN(Cc2cccc3ccccc23)CC1.[Cl-]. The number of nitrogens with zero attached hydrogens (tertiary/aromatic N) is 2. The Labute approximate surface area is 142 Å². The lowest BCUT2D eigenvalue weighted by atomic mass is 10.0. The van der Waals surface area contributed by atoms with Gasteiger partial charge in [0.25, 0.3) is 0 Å². The van der Waals surface area contributed by atoms with Crippen molar-refractivity contribution in [1.29, 1.82) is 0 Å². The number of hydrogen-bond donors (Lipinski definition) is 0. The van der Waals surface area contributed by atoms with Crippen LogP contribution in [0.15, 0.2) is 42.5 Å². The van der Waals surface area contributed by atoms with E-state index in [1.165, 1.54) is 16.3 Å². The van der Waals surface area contributed by atoms with Gasteiger partial charge in [-0.05, 0) is 16.3 Å². The Balaban J connectivity index is 0.00000176. The van der Waals surface area contributed by atoms with Crippen LogP contribution >= 0.6 is 11.6 Å². The highest BCUT2D eigenvalue weighted by Gasteiger charge is 2.20. The predicted octanol–water partition coefficient (Wildman–Crippen LogP) is -0.273. The molecule has 1 amide bonds. The molecule has 0 N–H and O–H groups in total. The van der Waals surface area contributed by atoms with E-state index < -0.39 is 0 Å². The van der Waals surface area contributed by atoms with E-state index in [-0.39, 0.29) is 24.2 Å². The molecule has 0 spiro atoms. The van der Waals surface area contributed by atoms with E-state index in [0.29, 0.717) is 0 Å². The number of benzene rings is 2. The van der Waals surface area contributed by atoms with Crippen LogP contribution in [0.4, 0.5) is 0 Å². The number of fused-ring (bicyclic) bond motifs is 1. The molecule has 0 saturated carbocycles. The average Bonchev–Trinajstić information content (AvgIpc) is 2.55. The number of halogens is 2. The second-order valence-corrected chi connectivity index (χ2v) is 5.70. The second kappa shape index (κ2) is 7.82. The minimum atomic E-state index is 0. The van der Waals surface area contributed by atoms with Gasteiger partial charge in [0.15, 0.2) is 0 Å². The zero-order chi connectivity index (χ0) is 14.7. The average molecular weight is 338 g/mol. The van der Waals surface area contributed by atoms with Crippen LogP contribution in [0.3, 0.4) is 0 Å². The van der Waals surface area contributed by atoms with Crippen LogP contribution in [-0.2, 0) is 11.3 Å². The molecule has 0 aliphatic carbocycles. The van der Waals surface area contributed by atoms with Crippen molar-refractivity contribution >= 4 is 28.3 Å². The highest BCUT2D eigenvalue weighted by Crippen LogP contribution is 2.20. The summed E-state index contributed by atoms with van der Waals surface area (Å²) in [6.45, 7) is 4.30. The Kier molecular flexibility index (Phi) is 6.07. The molecule has 22 heavy (non-hydrogen) atoms. The first-order chi connectivity index (χ1) is 10.3. The molecule has 0 unspecified atom stereocenters. The third-order valence-electron chi connectivity index (χ3n) is 4.11. The summed E-state index contributed by atoms with van der Waals surface area (Å²) in [6, 6.07) is 14.9. The highest BCUT2D eigenvalue weighted by molar-refractivity contribution is 6.27. The first kappa shape index (κ1) is 17.1. The van der Waals surface area contributed by atoms with Crippen molar-refractivity contribution in [3.05, 3.63) is 48.0 Å². The van der Waals surface area contributed by atoms with E-state index in [2.05, 4.69) is 47.4 Å². The van der Waals surface area contributed by atoms with Crippen LogP contribution < -0.4 is 12.4 Å². The van der Waals surface area contributed by atoms with Gasteiger partial charge in [-0.15, -0.1) is 11.6 Å². The molecular weight excluding hydrogens is 319 g/mol. The maximum absolute atomic E-state index is 11.6. The molecule has 1 heterocycles. The number of carbonyl (C=O) groups excluding carboxylic acids is 1. The minimum absolute atomic E-state index is 0. The molecule has 2 aromatic carbocycles. The Bertz CT molecular complexity index is 634. The van der Waals surface area contributed by atoms with Crippen molar-refractivity contribution in [2.45, 2.75) is 6.54 Å². The van der Waals surface area contributed by atoms with E-state index in [9.17, 15) is 4.79 Å². The topological polar surface area (TPSA) is 23.6 Å². The van der Waals surface area contributed by atoms with Gasteiger partial charge in [0.05, 0.1) is 0 Å². The summed E-state index contributed by atoms with van der Waals surface area (Å²) in [7, 11) is 0. The molecule has 3 rings (SSSR count). The number of hydrogen-bond acceptors (Lipinski definition) is 2. The molecule has 1 fully saturated rings. The first-order valence-electron chi connectivity index (χ1n) is 7.30. The molecule has 2 aromatic rings. The van der Waals surface area contributed by atoms with Crippen LogP contribution in [0, 0.1) is 0 Å². The largest absolute Gasteiger partial charge is 1.00 e. The Morgan fingerprint density at radius 2 is 1.68 bits per heavy atom. The zero-order valence-electron chi connectivity index (χ0n) is 12.3. The molecular formula is C17H19Cl2N2O-. The third kappa shape index (κ3) is 3.72. The van der Waals surface area contributed by atoms with Crippen LogP contribution in [0.1, 0.15) is 5.56 Å². The van der Waals surface area contributed by atoms with Gasteiger partial charge < -0.3 is 17.3 Å². The van der Waals surface area contributed by atoms with Crippen molar-refractivity contribution in [1.82, 2.24) is 9.80 Å². The fraction of sp³-hybridized carbons (Fsp3) is 0.353. The molecule has 0 atom stereocenters. The van der Waals surface area contributed by atoms with Gasteiger partial charge in [0, 0.05) is 32.7 Å². The van der Waals surface area contributed by atoms with Gasteiger partial charge >= 0.3 is 0 Å². The third-order valence-corrected chi connectivity index (χ3v) is 4.34. The number of piperazine rings is 1. The molecule has 1 saturated heterocycles. The van der Waals surface area contributed by atoms with E-state index in [0.717, 1.165) is 32.7 Å². The van der Waals surface area contributed by atoms with Crippen LogP contribution in [0.2, 0.25) is 0 Å². The summed E-state index contributed by atoms with van der Waals surface area (Å²) >= 11 is 5.61. The minimum Gasteiger partial charge on any atom is -1.00 e. The van der Waals surface area contributed by atoms with Gasteiger partial charge in [-0.25, -0.2) is 0 Å². The van der Waals surface area contributed by atoms with Crippen molar-refractivity contribution < 1.29 is 17.2 Å². The van der Waals surface area contributed by atoms with Crippen LogP contribution in [0.5, 0.6) is 0 Å². The molecule has 3 nitrogen and oxygen atoms in total. The number of alkyl halides is 1. The molecule has 0 radical (unpaired) electrons. The number of rotatable bonds is 3. The fourth-order valence-electron chi connectivity index (χ4n) is 2.91. The fourth-order valence-corrected chi connectivity index (χ4v) is 3.08. The highest BCUT2D eigenvalue weighted by atomic mass is 35.5. The Hall–Kier alpha value is -1.29. The standard InChI is InChI=1S/C17H19ClN2O.ClH/c18-12-17(21)20-10-8-19(9-11-20)13-15-6-3-5-14-4-1-2-7-16(14)15;/h1-7H,8-13H2;1H/p-1. The van der Waals surface area contributed by atoms with Crippen LogP contribution in [0.25, 0.3) is 10.8 Å². The normalized spacial score (nSPS) is 15.6. The summed E-state index contributed by atoms with van der Waals surface area (Å²) in [6.07, 6.45) is 0. The summed E-state index contributed by atoms with van der Waals surface area (Å²) in [4.78, 5) is 15.8. The van der Waals surface area contributed by atoms with E-state index in [1.807, 2.05) is 4.90 Å². The van der Waals surface area contributed by atoms with Gasteiger partial charge in [0.1, 0.15) is 5.88 Å². The summed E-state index contributed by atoms with van der Waals surface area (Å²) < 4.78 is 0. The van der Waals surface area contributed by atoms with Crippen molar-refractivity contribution in [3.8, 4) is 0 Å². The smallest absolute Gasteiger partial charge is 0.237 e. The molecule has 1 aliphatic heterocycles. The Morgan fingerprint density at radius 3 is 2.41 bits per heavy atom. The lowest BCUT2D eigenvalue weighted by Crippen LogP contribution is -3.00. The van der Waals surface area contributed by atoms with Crippen molar-refractivity contribution in [3.63, 3.8) is 0 Å². The monoisotopic (exact) mass is 337 g/mol. The first-order valence-corrected chi connectivity index (χ1v) is 7.84. The van der Waals surface area contributed by atoms with Gasteiger partial charge in [-0.3, -0.25) is 9.69 Å².